The van der Waals surface area contributed by atoms with Crippen molar-refractivity contribution in [2.75, 3.05) is 0 Å². The maximum absolute atomic E-state index is 12.6. The highest BCUT2D eigenvalue weighted by atomic mass is 19.4. The van der Waals surface area contributed by atoms with E-state index in [9.17, 15) is 13.2 Å². The van der Waals surface area contributed by atoms with Gasteiger partial charge >= 0.3 is 6.18 Å². The summed E-state index contributed by atoms with van der Waals surface area (Å²) < 4.78 is 38.8. The molecule has 0 radical (unpaired) electrons. The summed E-state index contributed by atoms with van der Waals surface area (Å²) in [5.74, 6) is 0. The Morgan fingerprint density at radius 2 is 1.95 bits per heavy atom. The van der Waals surface area contributed by atoms with Crippen LogP contribution in [0.25, 0.3) is 22.7 Å². The van der Waals surface area contributed by atoms with Gasteiger partial charge in [0.1, 0.15) is 5.69 Å². The molecule has 3 aromatic rings. The van der Waals surface area contributed by atoms with Gasteiger partial charge in [0.15, 0.2) is 5.69 Å². The van der Waals surface area contributed by atoms with E-state index in [0.29, 0.717) is 5.65 Å². The molecule has 0 spiro atoms. The number of nitrogens with one attached hydrogen (secondary N) is 1. The van der Waals surface area contributed by atoms with Crippen molar-refractivity contribution in [1.29, 1.82) is 0 Å². The van der Waals surface area contributed by atoms with Crippen LogP contribution in [0.1, 0.15) is 5.69 Å². The van der Waals surface area contributed by atoms with E-state index < -0.39 is 11.9 Å². The smallest absolute Gasteiger partial charge is 0.266 e. The minimum Gasteiger partial charge on any atom is -0.266 e. The van der Waals surface area contributed by atoms with Crippen LogP contribution in [0, 0.1) is 0 Å². The van der Waals surface area contributed by atoms with Gasteiger partial charge in [-0.15, -0.1) is 10.2 Å². The van der Waals surface area contributed by atoms with E-state index in [1.807, 2.05) is 0 Å². The lowest BCUT2D eigenvalue weighted by molar-refractivity contribution is -0.141. The molecule has 7 nitrogen and oxygen atoms in total. The van der Waals surface area contributed by atoms with Crippen molar-refractivity contribution in [2.45, 2.75) is 6.18 Å². The average molecular weight is 269 g/mol. The van der Waals surface area contributed by atoms with Gasteiger partial charge in [-0.1, -0.05) is 0 Å². The van der Waals surface area contributed by atoms with Crippen LogP contribution in [0.15, 0.2) is 12.3 Å². The Morgan fingerprint density at radius 3 is 2.63 bits per heavy atom. The predicted molar refractivity (Wildman–Crippen MR) is 56.7 cm³/mol. The van der Waals surface area contributed by atoms with Crippen molar-refractivity contribution in [1.82, 2.24) is 35.2 Å². The first kappa shape index (κ1) is 11.6. The molecule has 0 amide bonds. The highest BCUT2D eigenvalue weighted by molar-refractivity contribution is 5.68. The standard InChI is InChI=1S/C9H6F3N7/c1-19-5(2-6(17-19)9(10,11)12)4-3-13-7-8(14-4)16-18-15-7/h2-3H,1H3,(H,13,14,15,16,18). The first-order valence-electron chi connectivity index (χ1n) is 5.10. The number of rotatable bonds is 1. The minimum atomic E-state index is -4.50. The van der Waals surface area contributed by atoms with E-state index in [1.54, 1.807) is 0 Å². The van der Waals surface area contributed by atoms with Gasteiger partial charge in [0.25, 0.3) is 0 Å². The fourth-order valence-corrected chi connectivity index (χ4v) is 1.62. The zero-order chi connectivity index (χ0) is 13.6. The molecule has 0 fully saturated rings. The number of H-pyrrole nitrogens is 1. The zero-order valence-electron chi connectivity index (χ0n) is 9.47. The van der Waals surface area contributed by atoms with Crippen LogP contribution in [0.3, 0.4) is 0 Å². The third kappa shape index (κ3) is 1.90. The molecule has 0 aliphatic heterocycles. The molecule has 1 N–H and O–H groups in total. The Labute approximate surface area is 103 Å². The molecule has 0 bridgehead atoms. The average Bonchev–Trinajstić information content (AvgIpc) is 2.92. The molecule has 3 aromatic heterocycles. The van der Waals surface area contributed by atoms with Gasteiger partial charge in [-0.3, -0.25) is 4.68 Å². The highest BCUT2D eigenvalue weighted by Crippen LogP contribution is 2.30. The molecule has 0 unspecified atom stereocenters. The van der Waals surface area contributed by atoms with E-state index in [-0.39, 0.29) is 17.0 Å². The second-order valence-corrected chi connectivity index (χ2v) is 3.76. The van der Waals surface area contributed by atoms with Crippen molar-refractivity contribution < 1.29 is 13.2 Å². The van der Waals surface area contributed by atoms with Gasteiger partial charge in [0.2, 0.25) is 11.3 Å². The number of alkyl halides is 3. The van der Waals surface area contributed by atoms with E-state index in [4.69, 9.17) is 0 Å². The van der Waals surface area contributed by atoms with Crippen molar-refractivity contribution in [3.8, 4) is 11.4 Å². The van der Waals surface area contributed by atoms with Gasteiger partial charge in [0, 0.05) is 7.05 Å². The fraction of sp³-hybridized carbons (Fsp3) is 0.222. The Bertz CT molecular complexity index is 742. The van der Waals surface area contributed by atoms with E-state index in [1.165, 1.54) is 13.2 Å². The largest absolute Gasteiger partial charge is 0.435 e. The number of hydrogen-bond acceptors (Lipinski definition) is 5. The maximum atomic E-state index is 12.6. The topological polar surface area (TPSA) is 85.2 Å². The number of fused-ring (bicyclic) bond motifs is 1. The predicted octanol–water partition coefficient (Wildman–Crippen LogP) is 1.17. The lowest BCUT2D eigenvalue weighted by Gasteiger charge is -1.99. The first-order valence-corrected chi connectivity index (χ1v) is 5.10. The molecule has 0 aliphatic carbocycles. The fourth-order valence-electron chi connectivity index (χ4n) is 1.62. The van der Waals surface area contributed by atoms with Gasteiger partial charge < -0.3 is 0 Å². The summed E-state index contributed by atoms with van der Waals surface area (Å²) in [5, 5.41) is 13.2. The number of nitrogens with zero attached hydrogens (tertiary/aromatic N) is 6. The van der Waals surface area contributed by atoms with Crippen molar-refractivity contribution >= 4 is 11.3 Å². The van der Waals surface area contributed by atoms with Gasteiger partial charge in [-0.05, 0) is 6.07 Å². The molecule has 0 aliphatic rings. The van der Waals surface area contributed by atoms with Gasteiger partial charge in [0.05, 0.1) is 11.9 Å². The van der Waals surface area contributed by atoms with E-state index in [0.717, 1.165) is 10.7 Å². The lowest BCUT2D eigenvalue weighted by Crippen LogP contribution is -2.06. The summed E-state index contributed by atoms with van der Waals surface area (Å²) in [4.78, 5) is 8.01. The molecular formula is C9H6F3N7. The molecule has 19 heavy (non-hydrogen) atoms. The van der Waals surface area contributed by atoms with Crippen molar-refractivity contribution in [3.05, 3.63) is 18.0 Å². The lowest BCUT2D eigenvalue weighted by atomic mass is 10.3. The number of aromatic nitrogens is 7. The molecule has 0 aromatic carbocycles. The van der Waals surface area contributed by atoms with Crippen molar-refractivity contribution in [3.63, 3.8) is 0 Å². The van der Waals surface area contributed by atoms with Crippen LogP contribution >= 0.6 is 0 Å². The third-order valence-electron chi connectivity index (χ3n) is 2.48. The van der Waals surface area contributed by atoms with Crippen LogP contribution in [0.2, 0.25) is 0 Å². The SMILES string of the molecule is Cn1nc(C(F)(F)F)cc1-c1cnc2n[nH]nc2n1. The summed E-state index contributed by atoms with van der Waals surface area (Å²) in [5.41, 5.74) is -0.0158. The molecule has 3 heterocycles. The van der Waals surface area contributed by atoms with Crippen LogP contribution in [-0.4, -0.2) is 35.2 Å². The Kier molecular flexibility index (Phi) is 2.27. The Morgan fingerprint density at radius 1 is 1.21 bits per heavy atom. The molecule has 98 valence electrons. The number of hydrogen-bond donors (Lipinski definition) is 1. The summed E-state index contributed by atoms with van der Waals surface area (Å²) in [6.45, 7) is 0. The van der Waals surface area contributed by atoms with Gasteiger partial charge in [-0.2, -0.15) is 23.5 Å². The number of aromatic amines is 1. The highest BCUT2D eigenvalue weighted by Gasteiger charge is 2.34. The van der Waals surface area contributed by atoms with Crippen molar-refractivity contribution in [2.24, 2.45) is 7.05 Å². The number of aryl methyl sites for hydroxylation is 1. The third-order valence-corrected chi connectivity index (χ3v) is 2.48. The van der Waals surface area contributed by atoms with E-state index in [2.05, 4.69) is 30.5 Å². The number of halogens is 3. The van der Waals surface area contributed by atoms with Gasteiger partial charge in [-0.25, -0.2) is 9.97 Å². The summed E-state index contributed by atoms with van der Waals surface area (Å²) in [6.07, 6.45) is -3.18. The van der Waals surface area contributed by atoms with Crippen LogP contribution in [0.5, 0.6) is 0 Å². The van der Waals surface area contributed by atoms with Crippen LogP contribution < -0.4 is 0 Å². The molecule has 10 heteroatoms. The minimum absolute atomic E-state index is 0.199. The first-order chi connectivity index (χ1) is 8.95. The molecule has 0 saturated carbocycles. The van der Waals surface area contributed by atoms with E-state index >= 15 is 0 Å². The summed E-state index contributed by atoms with van der Waals surface area (Å²) in [6, 6.07) is 0.913. The summed E-state index contributed by atoms with van der Waals surface area (Å²) >= 11 is 0. The monoisotopic (exact) mass is 269 g/mol. The second-order valence-electron chi connectivity index (χ2n) is 3.76. The van der Waals surface area contributed by atoms with Crippen LogP contribution in [0.4, 0.5) is 13.2 Å². The molecule has 0 atom stereocenters. The molecule has 3 rings (SSSR count). The quantitative estimate of drug-likeness (QED) is 0.716. The van der Waals surface area contributed by atoms with Crippen LogP contribution in [-0.2, 0) is 13.2 Å². The zero-order valence-corrected chi connectivity index (χ0v) is 9.47. The molecular weight excluding hydrogens is 263 g/mol. The normalized spacial score (nSPS) is 12.2. The molecule has 0 saturated heterocycles. The Balaban J connectivity index is 2.13. The maximum Gasteiger partial charge on any atom is 0.435 e. The second kappa shape index (κ2) is 3.73. The Hall–Kier alpha value is -2.52. The summed E-state index contributed by atoms with van der Waals surface area (Å²) in [7, 11) is 1.40.